The number of hydrogen-bond acceptors (Lipinski definition) is 2. The van der Waals surface area contributed by atoms with Crippen molar-refractivity contribution in [1.29, 1.82) is 0 Å². The van der Waals surface area contributed by atoms with Crippen LogP contribution in [0.5, 0.6) is 0 Å². The second-order valence-electron chi connectivity index (χ2n) is 3.45. The molecule has 0 aliphatic carbocycles. The Morgan fingerprint density at radius 3 is 2.86 bits per heavy atom. The van der Waals surface area contributed by atoms with Crippen LogP contribution < -0.4 is 10.6 Å². The quantitative estimate of drug-likeness (QED) is 0.691. The fraction of sp³-hybridized carbons (Fsp3) is 0.300. The third-order valence-electron chi connectivity index (χ3n) is 2.41. The van der Waals surface area contributed by atoms with E-state index < -0.39 is 0 Å². The lowest BCUT2D eigenvalue weighted by Crippen LogP contribution is -2.36. The first kappa shape index (κ1) is 9.34. The highest BCUT2D eigenvalue weighted by atomic mass is 35.5. The molecule has 0 aromatic heterocycles. The number of rotatable bonds is 0. The van der Waals surface area contributed by atoms with E-state index in [-0.39, 0.29) is 11.9 Å². The normalized spacial score (nSPS) is 19.6. The second kappa shape index (κ2) is 3.17. The third kappa shape index (κ3) is 1.34. The summed E-state index contributed by atoms with van der Waals surface area (Å²) in [7, 11) is 0. The van der Waals surface area contributed by atoms with Crippen molar-refractivity contribution in [3.63, 3.8) is 0 Å². The molecule has 1 aromatic carbocycles. The summed E-state index contributed by atoms with van der Waals surface area (Å²) < 4.78 is 0. The molecule has 1 atom stereocenters. The van der Waals surface area contributed by atoms with Crippen molar-refractivity contribution in [2.24, 2.45) is 0 Å². The van der Waals surface area contributed by atoms with Gasteiger partial charge in [0.2, 0.25) is 5.91 Å². The highest BCUT2D eigenvalue weighted by Gasteiger charge is 2.22. The molecule has 0 saturated heterocycles. The molecule has 1 aliphatic heterocycles. The number of nitrogens with one attached hydrogen (secondary N) is 2. The minimum atomic E-state index is -0.209. The number of carbonyl (C=O) groups is 1. The molecular formula is C10H11ClN2O. The predicted molar refractivity (Wildman–Crippen MR) is 57.9 cm³/mol. The molecule has 1 aromatic rings. The van der Waals surface area contributed by atoms with Crippen molar-refractivity contribution in [2.45, 2.75) is 19.9 Å². The molecule has 3 nitrogen and oxygen atoms in total. The lowest BCUT2D eigenvalue weighted by molar-refractivity contribution is -0.116. The number of carbonyl (C=O) groups excluding carboxylic acids is 1. The van der Waals surface area contributed by atoms with Gasteiger partial charge >= 0.3 is 0 Å². The smallest absolute Gasteiger partial charge is 0.246 e. The molecule has 1 amide bonds. The van der Waals surface area contributed by atoms with E-state index in [9.17, 15) is 4.79 Å². The fourth-order valence-electron chi connectivity index (χ4n) is 1.50. The number of benzene rings is 1. The summed E-state index contributed by atoms with van der Waals surface area (Å²) in [5.74, 6) is -0.0146. The largest absolute Gasteiger partial charge is 0.372 e. The van der Waals surface area contributed by atoms with Crippen molar-refractivity contribution in [3.8, 4) is 0 Å². The van der Waals surface area contributed by atoms with Gasteiger partial charge in [0.15, 0.2) is 0 Å². The molecule has 0 fully saturated rings. The maximum absolute atomic E-state index is 11.3. The number of hydrogen-bond donors (Lipinski definition) is 2. The zero-order chi connectivity index (χ0) is 10.3. The van der Waals surface area contributed by atoms with Crippen molar-refractivity contribution >= 4 is 28.9 Å². The van der Waals surface area contributed by atoms with Gasteiger partial charge < -0.3 is 10.6 Å². The number of fused-ring (bicyclic) bond motifs is 1. The van der Waals surface area contributed by atoms with Crippen molar-refractivity contribution in [1.82, 2.24) is 0 Å². The van der Waals surface area contributed by atoms with Gasteiger partial charge in [-0.05, 0) is 31.5 Å². The maximum Gasteiger partial charge on any atom is 0.246 e. The maximum atomic E-state index is 11.3. The summed E-state index contributed by atoms with van der Waals surface area (Å²) in [6, 6.07) is 3.38. The lowest BCUT2D eigenvalue weighted by Gasteiger charge is -2.26. The predicted octanol–water partition coefficient (Wildman–Crippen LogP) is 2.40. The number of anilines is 2. The van der Waals surface area contributed by atoms with Gasteiger partial charge in [-0.1, -0.05) is 11.6 Å². The van der Waals surface area contributed by atoms with E-state index in [4.69, 9.17) is 11.6 Å². The van der Waals surface area contributed by atoms with E-state index in [2.05, 4.69) is 10.6 Å². The van der Waals surface area contributed by atoms with Gasteiger partial charge in [0, 0.05) is 5.02 Å². The summed E-state index contributed by atoms with van der Waals surface area (Å²) in [5, 5.41) is 6.65. The molecule has 14 heavy (non-hydrogen) atoms. The van der Waals surface area contributed by atoms with Crippen molar-refractivity contribution in [2.75, 3.05) is 10.6 Å². The minimum Gasteiger partial charge on any atom is -0.372 e. The van der Waals surface area contributed by atoms with E-state index in [1.165, 1.54) is 0 Å². The van der Waals surface area contributed by atoms with Crippen LogP contribution in [0.4, 0.5) is 11.4 Å². The van der Waals surface area contributed by atoms with Crippen LogP contribution in [0.2, 0.25) is 5.02 Å². The van der Waals surface area contributed by atoms with Gasteiger partial charge in [0.1, 0.15) is 6.04 Å². The SMILES string of the molecule is Cc1c(Cl)ccc2c1NC(C)C(=O)N2. The average Bonchev–Trinajstić information content (AvgIpc) is 2.15. The standard InChI is InChI=1S/C10H11ClN2O/c1-5-7(11)3-4-8-9(5)12-6(2)10(14)13-8/h3-4,6,12H,1-2H3,(H,13,14). The van der Waals surface area contributed by atoms with Crippen LogP contribution in [0.3, 0.4) is 0 Å². The highest BCUT2D eigenvalue weighted by molar-refractivity contribution is 6.32. The molecule has 0 spiro atoms. The van der Waals surface area contributed by atoms with E-state index in [1.807, 2.05) is 13.8 Å². The van der Waals surface area contributed by atoms with Crippen molar-refractivity contribution in [3.05, 3.63) is 22.7 Å². The van der Waals surface area contributed by atoms with Crippen LogP contribution in [0.15, 0.2) is 12.1 Å². The zero-order valence-corrected chi connectivity index (χ0v) is 8.77. The van der Waals surface area contributed by atoms with Crippen LogP contribution in [-0.2, 0) is 4.79 Å². The van der Waals surface area contributed by atoms with Crippen LogP contribution in [-0.4, -0.2) is 11.9 Å². The second-order valence-corrected chi connectivity index (χ2v) is 3.86. The van der Waals surface area contributed by atoms with Crippen LogP contribution in [0.1, 0.15) is 12.5 Å². The molecule has 2 N–H and O–H groups in total. The molecule has 4 heteroatoms. The fourth-order valence-corrected chi connectivity index (χ4v) is 1.66. The third-order valence-corrected chi connectivity index (χ3v) is 2.82. The van der Waals surface area contributed by atoms with Crippen molar-refractivity contribution < 1.29 is 4.79 Å². The Kier molecular flexibility index (Phi) is 2.11. The monoisotopic (exact) mass is 210 g/mol. The van der Waals surface area contributed by atoms with Crippen LogP contribution in [0, 0.1) is 6.92 Å². The first-order valence-corrected chi connectivity index (χ1v) is 4.84. The molecule has 1 heterocycles. The molecule has 74 valence electrons. The van der Waals surface area contributed by atoms with Gasteiger partial charge in [-0.3, -0.25) is 4.79 Å². The molecule has 1 aliphatic rings. The number of amides is 1. The molecule has 0 bridgehead atoms. The minimum absolute atomic E-state index is 0.0146. The van der Waals surface area contributed by atoms with E-state index in [0.29, 0.717) is 5.02 Å². The van der Waals surface area contributed by atoms with Gasteiger partial charge in [0.05, 0.1) is 11.4 Å². The summed E-state index contributed by atoms with van der Waals surface area (Å²) in [6.07, 6.45) is 0. The average molecular weight is 211 g/mol. The molecule has 0 saturated carbocycles. The first-order chi connectivity index (χ1) is 6.59. The Bertz CT molecular complexity index is 403. The van der Waals surface area contributed by atoms with E-state index in [0.717, 1.165) is 16.9 Å². The molecule has 2 rings (SSSR count). The van der Waals surface area contributed by atoms with E-state index in [1.54, 1.807) is 12.1 Å². The zero-order valence-electron chi connectivity index (χ0n) is 8.02. The van der Waals surface area contributed by atoms with Gasteiger partial charge in [-0.25, -0.2) is 0 Å². The Morgan fingerprint density at radius 2 is 2.14 bits per heavy atom. The molecular weight excluding hydrogens is 200 g/mol. The Hall–Kier alpha value is -1.22. The van der Waals surface area contributed by atoms with Gasteiger partial charge in [0.25, 0.3) is 0 Å². The van der Waals surface area contributed by atoms with Gasteiger partial charge in [-0.2, -0.15) is 0 Å². The summed E-state index contributed by atoms with van der Waals surface area (Å²) in [5.41, 5.74) is 2.69. The summed E-state index contributed by atoms with van der Waals surface area (Å²) in [4.78, 5) is 11.3. The lowest BCUT2D eigenvalue weighted by atomic mass is 10.1. The Balaban J connectivity index is 2.52. The van der Waals surface area contributed by atoms with Gasteiger partial charge in [-0.15, -0.1) is 0 Å². The highest BCUT2D eigenvalue weighted by Crippen LogP contribution is 2.34. The van der Waals surface area contributed by atoms with Crippen LogP contribution in [0.25, 0.3) is 0 Å². The van der Waals surface area contributed by atoms with Crippen LogP contribution >= 0.6 is 11.6 Å². The Morgan fingerprint density at radius 1 is 1.43 bits per heavy atom. The molecule has 1 unspecified atom stereocenters. The first-order valence-electron chi connectivity index (χ1n) is 4.46. The Labute approximate surface area is 87.4 Å². The topological polar surface area (TPSA) is 41.1 Å². The number of halogens is 1. The summed E-state index contributed by atoms with van der Waals surface area (Å²) in [6.45, 7) is 3.75. The summed E-state index contributed by atoms with van der Waals surface area (Å²) >= 11 is 5.98. The van der Waals surface area contributed by atoms with E-state index >= 15 is 0 Å². The molecule has 0 radical (unpaired) electrons.